The number of nitrogens with zero attached hydrogens (tertiary/aromatic N) is 1. The average Bonchev–Trinajstić information content (AvgIpc) is 3.25. The zero-order chi connectivity index (χ0) is 28.6. The molecule has 0 saturated carbocycles. The summed E-state index contributed by atoms with van der Waals surface area (Å²) < 4.78 is 29.9. The van der Waals surface area contributed by atoms with Crippen LogP contribution in [0.2, 0.25) is 0 Å². The molecule has 0 aliphatic carbocycles. The maximum Gasteiger partial charge on any atom is 0.251 e. The van der Waals surface area contributed by atoms with Crippen molar-refractivity contribution in [1.29, 1.82) is 0 Å². The number of aromatic nitrogens is 1. The van der Waals surface area contributed by atoms with Gasteiger partial charge in [-0.1, -0.05) is 44.5 Å². The predicted octanol–water partition coefficient (Wildman–Crippen LogP) is 5.85. The van der Waals surface area contributed by atoms with Crippen molar-refractivity contribution in [3.63, 3.8) is 0 Å². The summed E-state index contributed by atoms with van der Waals surface area (Å²) in [7, 11) is 1.99. The largest absolute Gasteiger partial charge is 0.390 e. The second-order valence-corrected chi connectivity index (χ2v) is 10.5. The monoisotopic (exact) mass is 547 g/mol. The van der Waals surface area contributed by atoms with E-state index in [4.69, 9.17) is 0 Å². The van der Waals surface area contributed by atoms with Crippen molar-refractivity contribution in [2.45, 2.75) is 64.6 Å². The third-order valence-corrected chi connectivity index (χ3v) is 7.37. The highest BCUT2D eigenvalue weighted by Gasteiger charge is 2.23. The fourth-order valence-electron chi connectivity index (χ4n) is 5.17. The number of aryl methyl sites for hydroxylation is 3. The van der Waals surface area contributed by atoms with E-state index in [0.717, 1.165) is 48.2 Å². The zero-order valence-electron chi connectivity index (χ0n) is 23.5. The van der Waals surface area contributed by atoms with Crippen LogP contribution in [0.1, 0.15) is 59.3 Å². The third kappa shape index (κ3) is 7.55. The number of carbonyl (C=O) groups is 1. The van der Waals surface area contributed by atoms with E-state index in [1.165, 1.54) is 23.3 Å². The molecule has 1 amide bonds. The highest BCUT2D eigenvalue weighted by molar-refractivity contribution is 5.99. The fourth-order valence-corrected chi connectivity index (χ4v) is 5.17. The summed E-state index contributed by atoms with van der Waals surface area (Å²) in [4.78, 5) is 13.4. The van der Waals surface area contributed by atoms with Gasteiger partial charge in [-0.25, -0.2) is 8.78 Å². The predicted molar refractivity (Wildman–Crippen MR) is 156 cm³/mol. The van der Waals surface area contributed by atoms with E-state index in [9.17, 15) is 18.7 Å². The molecule has 5 nitrogen and oxygen atoms in total. The number of aliphatic hydroxyl groups is 1. The third-order valence-electron chi connectivity index (χ3n) is 7.37. The van der Waals surface area contributed by atoms with Crippen LogP contribution in [0, 0.1) is 11.6 Å². The maximum absolute atomic E-state index is 13.9. The molecule has 0 aliphatic rings. The zero-order valence-corrected chi connectivity index (χ0v) is 23.5. The number of aliphatic hydroxyl groups excluding tert-OH is 1. The number of unbranched alkanes of at least 4 members (excludes halogenated alkanes) is 1. The molecule has 0 aliphatic heterocycles. The molecule has 212 valence electrons. The number of nitrogens with one attached hydrogen (secondary N) is 2. The van der Waals surface area contributed by atoms with Gasteiger partial charge in [0.05, 0.1) is 12.1 Å². The lowest BCUT2D eigenvalue weighted by molar-refractivity contribution is 0.0830. The molecule has 2 atom stereocenters. The summed E-state index contributed by atoms with van der Waals surface area (Å²) in [6.07, 6.45) is 5.18. The van der Waals surface area contributed by atoms with Crippen molar-refractivity contribution in [2.24, 2.45) is 7.05 Å². The Morgan fingerprint density at radius 3 is 2.45 bits per heavy atom. The van der Waals surface area contributed by atoms with Gasteiger partial charge >= 0.3 is 0 Å². The number of hydrogen-bond donors (Lipinski definition) is 3. The Balaban J connectivity index is 1.52. The van der Waals surface area contributed by atoms with Crippen molar-refractivity contribution in [3.8, 4) is 0 Å². The molecule has 4 aromatic rings. The van der Waals surface area contributed by atoms with Gasteiger partial charge in [-0.15, -0.1) is 0 Å². The smallest absolute Gasteiger partial charge is 0.251 e. The number of hydrogen-bond acceptors (Lipinski definition) is 3. The van der Waals surface area contributed by atoms with E-state index in [2.05, 4.69) is 47.4 Å². The first-order valence-corrected chi connectivity index (χ1v) is 14.1. The summed E-state index contributed by atoms with van der Waals surface area (Å²) in [5, 5.41) is 18.4. The lowest BCUT2D eigenvalue weighted by atomic mass is 9.99. The van der Waals surface area contributed by atoms with E-state index in [1.54, 1.807) is 6.07 Å². The standard InChI is InChI=1S/C33H39F2N3O2/c1-4-6-10-26-21-38(3)31-12-11-25(17-29(26)31)33(40)37-30(16-24-14-27(34)18-28(35)15-24)32(39)20-36-19-23-9-7-8-22(5-2)13-23/h7-9,11-15,17-18,21,30,32,36,39H,4-6,10,16,19-20H2,1-3H3,(H,37,40)/t30-,32-/m0/s1. The minimum atomic E-state index is -0.995. The molecule has 3 N–H and O–H groups in total. The minimum Gasteiger partial charge on any atom is -0.390 e. The van der Waals surface area contributed by atoms with Crippen LogP contribution < -0.4 is 10.6 Å². The van der Waals surface area contributed by atoms with Crippen molar-refractivity contribution >= 4 is 16.8 Å². The molecule has 3 aromatic carbocycles. The molecule has 1 aromatic heterocycles. The van der Waals surface area contributed by atoms with Gasteiger partial charge in [0.2, 0.25) is 0 Å². The van der Waals surface area contributed by atoms with E-state index < -0.39 is 23.8 Å². The van der Waals surface area contributed by atoms with Crippen LogP contribution in [-0.2, 0) is 32.9 Å². The van der Waals surface area contributed by atoms with Crippen molar-refractivity contribution < 1.29 is 18.7 Å². The lowest BCUT2D eigenvalue weighted by Gasteiger charge is -2.25. The second kappa shape index (κ2) is 13.7. The minimum absolute atomic E-state index is 0.0733. The average molecular weight is 548 g/mol. The van der Waals surface area contributed by atoms with E-state index in [1.807, 2.05) is 31.3 Å². The van der Waals surface area contributed by atoms with Gasteiger partial charge in [-0.05, 0) is 78.3 Å². The Hall–Kier alpha value is -3.55. The van der Waals surface area contributed by atoms with E-state index in [-0.39, 0.29) is 18.9 Å². The summed E-state index contributed by atoms with van der Waals surface area (Å²) in [5.74, 6) is -1.74. The molecule has 0 spiro atoms. The molecule has 1 heterocycles. The van der Waals surface area contributed by atoms with Crippen molar-refractivity contribution in [3.05, 3.63) is 106 Å². The van der Waals surface area contributed by atoms with Crippen molar-refractivity contribution in [2.75, 3.05) is 6.54 Å². The van der Waals surface area contributed by atoms with E-state index in [0.29, 0.717) is 17.7 Å². The Kier molecular flexibility index (Phi) is 10.1. The van der Waals surface area contributed by atoms with Crippen LogP contribution in [0.4, 0.5) is 8.78 Å². The Morgan fingerprint density at radius 1 is 0.975 bits per heavy atom. The van der Waals surface area contributed by atoms with Crippen LogP contribution in [0.15, 0.2) is 66.9 Å². The highest BCUT2D eigenvalue weighted by atomic mass is 19.1. The summed E-state index contributed by atoms with van der Waals surface area (Å²) >= 11 is 0. The lowest BCUT2D eigenvalue weighted by Crippen LogP contribution is -2.48. The summed E-state index contributed by atoms with van der Waals surface area (Å²) in [6, 6.07) is 16.3. The van der Waals surface area contributed by atoms with Gasteiger partial charge < -0.3 is 20.3 Å². The van der Waals surface area contributed by atoms with Gasteiger partial charge in [0.1, 0.15) is 11.6 Å². The Morgan fingerprint density at radius 2 is 1.73 bits per heavy atom. The maximum atomic E-state index is 13.9. The molecular weight excluding hydrogens is 508 g/mol. The van der Waals surface area contributed by atoms with Crippen LogP contribution in [0.5, 0.6) is 0 Å². The first-order chi connectivity index (χ1) is 19.3. The van der Waals surface area contributed by atoms with Crippen molar-refractivity contribution in [1.82, 2.24) is 15.2 Å². The molecule has 0 unspecified atom stereocenters. The van der Waals surface area contributed by atoms with Crippen LogP contribution in [-0.4, -0.2) is 34.3 Å². The molecule has 0 fully saturated rings. The first kappa shape index (κ1) is 29.4. The second-order valence-electron chi connectivity index (χ2n) is 10.5. The molecule has 0 radical (unpaired) electrons. The number of halogens is 2. The molecular formula is C33H39F2N3O2. The Bertz CT molecular complexity index is 1430. The molecule has 7 heteroatoms. The molecule has 0 bridgehead atoms. The van der Waals surface area contributed by atoms with Gasteiger partial charge in [-0.2, -0.15) is 0 Å². The number of carbonyl (C=O) groups excluding carboxylic acids is 1. The molecule has 0 saturated heterocycles. The molecule has 40 heavy (non-hydrogen) atoms. The van der Waals surface area contributed by atoms with Gasteiger partial charge in [0.25, 0.3) is 5.91 Å². The topological polar surface area (TPSA) is 66.3 Å². The van der Waals surface area contributed by atoms with Gasteiger partial charge in [0, 0.05) is 48.9 Å². The van der Waals surface area contributed by atoms with Gasteiger partial charge in [-0.3, -0.25) is 4.79 Å². The number of rotatable bonds is 13. The van der Waals surface area contributed by atoms with E-state index >= 15 is 0 Å². The Labute approximate surface area is 235 Å². The first-order valence-electron chi connectivity index (χ1n) is 14.1. The SMILES string of the molecule is CCCCc1cn(C)c2ccc(C(=O)N[C@@H](Cc3cc(F)cc(F)c3)[C@@H](O)CNCc3cccc(CC)c3)cc12. The van der Waals surface area contributed by atoms with Crippen LogP contribution in [0.25, 0.3) is 10.9 Å². The normalized spacial score (nSPS) is 12.9. The van der Waals surface area contributed by atoms with Gasteiger partial charge in [0.15, 0.2) is 0 Å². The highest BCUT2D eigenvalue weighted by Crippen LogP contribution is 2.24. The quantitative estimate of drug-likeness (QED) is 0.197. The molecule has 4 rings (SSSR count). The van der Waals surface area contributed by atoms with Crippen LogP contribution >= 0.6 is 0 Å². The number of benzene rings is 3. The summed E-state index contributed by atoms with van der Waals surface area (Å²) in [5.41, 5.74) is 5.39. The fraction of sp³-hybridized carbons (Fsp3) is 0.364. The van der Waals surface area contributed by atoms with Crippen LogP contribution in [0.3, 0.4) is 0 Å². The summed E-state index contributed by atoms with van der Waals surface area (Å²) in [6.45, 7) is 4.99. The number of amides is 1. The number of fused-ring (bicyclic) bond motifs is 1.